The number of ether oxygens (including phenoxy) is 3. The summed E-state index contributed by atoms with van der Waals surface area (Å²) >= 11 is 6.42. The summed E-state index contributed by atoms with van der Waals surface area (Å²) in [7, 11) is 1.53. The van der Waals surface area contributed by atoms with Crippen LogP contribution < -0.4 is 4.74 Å². The minimum Gasteiger partial charge on any atom is -0.492 e. The van der Waals surface area contributed by atoms with Crippen LogP contribution in [0.5, 0.6) is 5.75 Å². The van der Waals surface area contributed by atoms with Crippen LogP contribution in [0.4, 0.5) is 0 Å². The Morgan fingerprint density at radius 2 is 2.00 bits per heavy atom. The van der Waals surface area contributed by atoms with E-state index in [0.29, 0.717) is 63.7 Å². The van der Waals surface area contributed by atoms with Crippen molar-refractivity contribution < 1.29 is 23.8 Å². The van der Waals surface area contributed by atoms with Crippen molar-refractivity contribution in [1.82, 2.24) is 9.80 Å². The molecule has 0 atom stereocenters. The molecule has 1 aromatic carbocycles. The molecule has 4 rings (SSSR count). The Morgan fingerprint density at radius 1 is 1.26 bits per heavy atom. The highest BCUT2D eigenvalue weighted by molar-refractivity contribution is 6.30. The van der Waals surface area contributed by atoms with Crippen molar-refractivity contribution in [2.24, 2.45) is 0 Å². The van der Waals surface area contributed by atoms with Crippen LogP contribution in [0.3, 0.4) is 0 Å². The number of amides is 2. The predicted octanol–water partition coefficient (Wildman–Crippen LogP) is 2.77. The number of hydrogen-bond acceptors (Lipinski definition) is 5. The van der Waals surface area contributed by atoms with Gasteiger partial charge < -0.3 is 24.0 Å². The maximum Gasteiger partial charge on any atom is 0.248 e. The molecule has 0 bridgehead atoms. The van der Waals surface area contributed by atoms with E-state index in [1.807, 2.05) is 21.9 Å². The van der Waals surface area contributed by atoms with E-state index < -0.39 is 5.60 Å². The molecular formula is C23H31ClN2O5. The van der Waals surface area contributed by atoms with Crippen LogP contribution >= 0.6 is 11.6 Å². The molecule has 0 saturated carbocycles. The molecule has 0 aliphatic carbocycles. The Balaban J connectivity index is 1.52. The van der Waals surface area contributed by atoms with Gasteiger partial charge in [-0.2, -0.15) is 0 Å². The molecule has 2 saturated heterocycles. The van der Waals surface area contributed by atoms with E-state index in [2.05, 4.69) is 13.8 Å². The van der Waals surface area contributed by atoms with E-state index in [9.17, 15) is 9.59 Å². The molecule has 31 heavy (non-hydrogen) atoms. The number of nitrogens with zero attached hydrogens (tertiary/aromatic N) is 2. The van der Waals surface area contributed by atoms with Crippen molar-refractivity contribution in [2.45, 2.75) is 50.7 Å². The van der Waals surface area contributed by atoms with Crippen LogP contribution in [0.2, 0.25) is 5.02 Å². The first kappa shape index (κ1) is 22.4. The van der Waals surface area contributed by atoms with Crippen molar-refractivity contribution in [2.75, 3.05) is 46.6 Å². The first-order chi connectivity index (χ1) is 14.7. The Morgan fingerprint density at radius 3 is 2.71 bits per heavy atom. The lowest BCUT2D eigenvalue weighted by atomic mass is 9.86. The highest BCUT2D eigenvalue weighted by Crippen LogP contribution is 2.43. The van der Waals surface area contributed by atoms with Crippen LogP contribution in [0, 0.1) is 0 Å². The SMILES string of the molecule is COCC(=O)N1CCC2(CC1)CN(Cc1cc(Cl)cc3c1OCC3(C)C)C(=O)CCO2. The van der Waals surface area contributed by atoms with E-state index in [-0.39, 0.29) is 23.8 Å². The number of hydrogen-bond donors (Lipinski definition) is 0. The smallest absolute Gasteiger partial charge is 0.248 e. The number of benzene rings is 1. The second kappa shape index (κ2) is 8.60. The number of halogens is 1. The van der Waals surface area contributed by atoms with Gasteiger partial charge in [0.25, 0.3) is 0 Å². The van der Waals surface area contributed by atoms with Crippen molar-refractivity contribution in [3.63, 3.8) is 0 Å². The van der Waals surface area contributed by atoms with E-state index in [1.165, 1.54) is 7.11 Å². The topological polar surface area (TPSA) is 68.3 Å². The minimum absolute atomic E-state index is 0.00634. The molecule has 8 heteroatoms. The summed E-state index contributed by atoms with van der Waals surface area (Å²) in [6, 6.07) is 3.87. The van der Waals surface area contributed by atoms with Gasteiger partial charge in [0, 0.05) is 48.3 Å². The largest absolute Gasteiger partial charge is 0.492 e. The molecule has 2 amide bonds. The van der Waals surface area contributed by atoms with Gasteiger partial charge in [0.2, 0.25) is 11.8 Å². The lowest BCUT2D eigenvalue weighted by Crippen LogP contribution is -2.53. The molecule has 1 spiro atoms. The fourth-order valence-corrected chi connectivity index (χ4v) is 5.04. The van der Waals surface area contributed by atoms with Gasteiger partial charge in [-0.05, 0) is 25.0 Å². The first-order valence-electron chi connectivity index (χ1n) is 10.9. The normalized spacial score (nSPS) is 22.3. The summed E-state index contributed by atoms with van der Waals surface area (Å²) in [6.45, 7) is 7.52. The average Bonchev–Trinajstić information content (AvgIpc) is 2.94. The predicted molar refractivity (Wildman–Crippen MR) is 116 cm³/mol. The van der Waals surface area contributed by atoms with E-state index in [0.717, 1.165) is 16.9 Å². The Kier molecular flexibility index (Phi) is 6.21. The van der Waals surface area contributed by atoms with Crippen LogP contribution in [-0.4, -0.2) is 73.8 Å². The Hall–Kier alpha value is -1.83. The molecular weight excluding hydrogens is 420 g/mol. The van der Waals surface area contributed by atoms with E-state index in [4.69, 9.17) is 25.8 Å². The summed E-state index contributed by atoms with van der Waals surface area (Å²) < 4.78 is 17.2. The zero-order chi connectivity index (χ0) is 22.2. The molecule has 3 aliphatic rings. The van der Waals surface area contributed by atoms with E-state index in [1.54, 1.807) is 0 Å². The standard InChI is InChI=1S/C23H31ClN2O5/c1-22(2)15-30-21-16(10-17(24)11-18(21)22)12-26-14-23(31-9-4-19(26)27)5-7-25(8-6-23)20(28)13-29-3/h10-11H,4-9,12-15H2,1-3H3. The van der Waals surface area contributed by atoms with Gasteiger partial charge in [0.05, 0.1) is 31.8 Å². The highest BCUT2D eigenvalue weighted by atomic mass is 35.5. The van der Waals surface area contributed by atoms with Gasteiger partial charge >= 0.3 is 0 Å². The molecule has 0 aromatic heterocycles. The maximum absolute atomic E-state index is 12.9. The van der Waals surface area contributed by atoms with Crippen LogP contribution in [0.25, 0.3) is 0 Å². The molecule has 170 valence electrons. The molecule has 7 nitrogen and oxygen atoms in total. The number of fused-ring (bicyclic) bond motifs is 1. The lowest BCUT2D eigenvalue weighted by molar-refractivity contribution is -0.143. The van der Waals surface area contributed by atoms with Crippen molar-refractivity contribution >= 4 is 23.4 Å². The number of rotatable bonds is 4. The lowest BCUT2D eigenvalue weighted by Gasteiger charge is -2.42. The third kappa shape index (κ3) is 4.54. The molecule has 3 heterocycles. The molecule has 0 unspecified atom stereocenters. The van der Waals surface area contributed by atoms with Crippen molar-refractivity contribution in [3.8, 4) is 5.75 Å². The second-order valence-corrected chi connectivity index (χ2v) is 9.90. The number of methoxy groups -OCH3 is 1. The fraction of sp³-hybridized carbons (Fsp3) is 0.652. The first-order valence-corrected chi connectivity index (χ1v) is 11.2. The average molecular weight is 451 g/mol. The summed E-state index contributed by atoms with van der Waals surface area (Å²) in [5.41, 5.74) is 1.49. The van der Waals surface area contributed by atoms with Gasteiger partial charge in [-0.1, -0.05) is 25.4 Å². The zero-order valence-electron chi connectivity index (χ0n) is 18.5. The highest BCUT2D eigenvalue weighted by Gasteiger charge is 2.42. The van der Waals surface area contributed by atoms with Crippen molar-refractivity contribution in [3.05, 3.63) is 28.3 Å². The summed E-state index contributed by atoms with van der Waals surface area (Å²) in [4.78, 5) is 28.8. The molecule has 0 radical (unpaired) electrons. The van der Waals surface area contributed by atoms with Gasteiger partial charge in [0.1, 0.15) is 12.4 Å². The second-order valence-electron chi connectivity index (χ2n) is 9.46. The van der Waals surface area contributed by atoms with Crippen molar-refractivity contribution in [1.29, 1.82) is 0 Å². The third-order valence-corrected chi connectivity index (χ3v) is 6.87. The third-order valence-electron chi connectivity index (χ3n) is 6.65. The van der Waals surface area contributed by atoms with Gasteiger partial charge in [-0.3, -0.25) is 9.59 Å². The van der Waals surface area contributed by atoms with Gasteiger partial charge in [-0.15, -0.1) is 0 Å². The number of carbonyl (C=O) groups is 2. The summed E-state index contributed by atoms with van der Waals surface area (Å²) in [5, 5.41) is 0.658. The van der Waals surface area contributed by atoms with E-state index >= 15 is 0 Å². The quantitative estimate of drug-likeness (QED) is 0.705. The van der Waals surface area contributed by atoms with Gasteiger partial charge in [0.15, 0.2) is 0 Å². The Bertz CT molecular complexity index is 864. The zero-order valence-corrected chi connectivity index (χ0v) is 19.3. The monoisotopic (exact) mass is 450 g/mol. The van der Waals surface area contributed by atoms with Crippen LogP contribution in [0.15, 0.2) is 12.1 Å². The Labute approximate surface area is 188 Å². The minimum atomic E-state index is -0.433. The maximum atomic E-state index is 12.9. The number of carbonyl (C=O) groups excluding carboxylic acids is 2. The van der Waals surface area contributed by atoms with Crippen LogP contribution in [-0.2, 0) is 31.0 Å². The summed E-state index contributed by atoms with van der Waals surface area (Å²) in [6.07, 6.45) is 1.75. The number of piperidine rings is 1. The van der Waals surface area contributed by atoms with Crippen LogP contribution in [0.1, 0.15) is 44.2 Å². The molecule has 0 N–H and O–H groups in total. The fourth-order valence-electron chi connectivity index (χ4n) is 4.80. The summed E-state index contributed by atoms with van der Waals surface area (Å²) in [5.74, 6) is 0.912. The van der Waals surface area contributed by atoms with Gasteiger partial charge in [-0.25, -0.2) is 0 Å². The molecule has 1 aromatic rings. The molecule has 2 fully saturated rings. The molecule has 3 aliphatic heterocycles. The number of likely N-dealkylation sites (tertiary alicyclic amines) is 1.